The van der Waals surface area contributed by atoms with E-state index in [2.05, 4.69) is 4.99 Å². The highest BCUT2D eigenvalue weighted by atomic mass is 16.6. The molecule has 19 heavy (non-hydrogen) atoms. The van der Waals surface area contributed by atoms with E-state index in [0.29, 0.717) is 17.5 Å². The fourth-order valence-corrected chi connectivity index (χ4v) is 2.04. The summed E-state index contributed by atoms with van der Waals surface area (Å²) in [5, 5.41) is 0. The maximum atomic E-state index is 11.8. The monoisotopic (exact) mass is 257 g/mol. The summed E-state index contributed by atoms with van der Waals surface area (Å²) in [7, 11) is 1.61. The lowest BCUT2D eigenvalue weighted by Gasteiger charge is -2.05. The highest BCUT2D eigenvalue weighted by Gasteiger charge is 2.35. The highest BCUT2D eigenvalue weighted by molar-refractivity contribution is 6.08. The van der Waals surface area contributed by atoms with Crippen molar-refractivity contribution in [3.05, 3.63) is 35.0 Å². The summed E-state index contributed by atoms with van der Waals surface area (Å²) in [4.78, 5) is 16.0. The van der Waals surface area contributed by atoms with E-state index in [1.165, 1.54) is 0 Å². The molecule has 2 aliphatic rings. The number of methoxy groups -OCH3 is 1. The number of hydrogen-bond acceptors (Lipinski definition) is 4. The van der Waals surface area contributed by atoms with Gasteiger partial charge in [-0.15, -0.1) is 0 Å². The molecule has 0 bridgehead atoms. The van der Waals surface area contributed by atoms with Crippen LogP contribution in [0.15, 0.2) is 28.9 Å². The van der Waals surface area contributed by atoms with Gasteiger partial charge in [0.15, 0.2) is 5.70 Å². The van der Waals surface area contributed by atoms with Crippen LogP contribution in [0.1, 0.15) is 24.0 Å². The Morgan fingerprint density at radius 1 is 1.42 bits per heavy atom. The molecule has 3 rings (SSSR count). The summed E-state index contributed by atoms with van der Waals surface area (Å²) in [6, 6.07) is 5.81. The van der Waals surface area contributed by atoms with Crippen LogP contribution in [0.5, 0.6) is 5.75 Å². The first-order chi connectivity index (χ1) is 9.17. The van der Waals surface area contributed by atoms with E-state index in [1.807, 2.05) is 25.1 Å². The molecule has 0 saturated heterocycles. The number of carbonyl (C=O) groups excluding carboxylic acids is 1. The Bertz CT molecular complexity index is 597. The second kappa shape index (κ2) is 4.53. The Balaban J connectivity index is 1.96. The lowest BCUT2D eigenvalue weighted by atomic mass is 10.1. The number of cyclic esters (lactones) is 1. The molecule has 0 unspecified atom stereocenters. The summed E-state index contributed by atoms with van der Waals surface area (Å²) in [5.41, 5.74) is 2.30. The molecule has 0 atom stereocenters. The predicted molar refractivity (Wildman–Crippen MR) is 72.0 cm³/mol. The quantitative estimate of drug-likeness (QED) is 0.618. The van der Waals surface area contributed by atoms with Crippen LogP contribution in [0.25, 0.3) is 6.08 Å². The molecule has 1 aromatic rings. The van der Waals surface area contributed by atoms with Crippen molar-refractivity contribution in [3.8, 4) is 5.75 Å². The first-order valence-corrected chi connectivity index (χ1v) is 6.34. The number of aliphatic imine (C=N–C) groups is 1. The van der Waals surface area contributed by atoms with Crippen LogP contribution in [-0.2, 0) is 9.53 Å². The van der Waals surface area contributed by atoms with Crippen LogP contribution >= 0.6 is 0 Å². The average Bonchev–Trinajstić information content (AvgIpc) is 3.16. The number of benzene rings is 1. The molecule has 1 heterocycles. The van der Waals surface area contributed by atoms with Crippen LogP contribution in [-0.4, -0.2) is 19.0 Å². The van der Waals surface area contributed by atoms with E-state index < -0.39 is 0 Å². The number of nitrogens with zero attached hydrogens (tertiary/aromatic N) is 1. The van der Waals surface area contributed by atoms with Crippen molar-refractivity contribution in [2.45, 2.75) is 19.8 Å². The molecule has 1 saturated carbocycles. The Hall–Kier alpha value is -2.10. The van der Waals surface area contributed by atoms with Gasteiger partial charge < -0.3 is 9.47 Å². The Morgan fingerprint density at radius 2 is 2.21 bits per heavy atom. The standard InChI is InChI=1S/C15H15NO3/c1-9-3-6-13(18-2)11(7-9)8-12-15(17)19-14(16-12)10-4-5-10/h3,6-8,10H,4-5H2,1-2H3/b12-8+. The van der Waals surface area contributed by atoms with E-state index in [1.54, 1.807) is 13.2 Å². The second-order valence-electron chi connectivity index (χ2n) is 4.89. The van der Waals surface area contributed by atoms with Crippen molar-refractivity contribution < 1.29 is 14.3 Å². The van der Waals surface area contributed by atoms with E-state index >= 15 is 0 Å². The lowest BCUT2D eigenvalue weighted by Crippen LogP contribution is -2.05. The molecule has 0 amide bonds. The van der Waals surface area contributed by atoms with Crippen LogP contribution in [0.2, 0.25) is 0 Å². The first-order valence-electron chi connectivity index (χ1n) is 6.34. The van der Waals surface area contributed by atoms with Gasteiger partial charge in [-0.05, 0) is 38.0 Å². The smallest absolute Gasteiger partial charge is 0.363 e. The third-order valence-corrected chi connectivity index (χ3v) is 3.24. The maximum absolute atomic E-state index is 11.8. The molecule has 1 fully saturated rings. The molecular weight excluding hydrogens is 242 g/mol. The summed E-state index contributed by atoms with van der Waals surface area (Å²) in [6.07, 6.45) is 3.85. The minimum atomic E-state index is -0.370. The minimum absolute atomic E-state index is 0.342. The van der Waals surface area contributed by atoms with Crippen LogP contribution < -0.4 is 4.74 Å². The highest BCUT2D eigenvalue weighted by Crippen LogP contribution is 2.35. The number of ether oxygens (including phenoxy) is 2. The summed E-state index contributed by atoms with van der Waals surface area (Å²) in [5.74, 6) is 1.27. The minimum Gasteiger partial charge on any atom is -0.496 e. The Morgan fingerprint density at radius 3 is 2.89 bits per heavy atom. The van der Waals surface area contributed by atoms with Crippen molar-refractivity contribution in [2.75, 3.05) is 7.11 Å². The Labute approximate surface area is 111 Å². The fourth-order valence-electron chi connectivity index (χ4n) is 2.04. The van der Waals surface area contributed by atoms with Gasteiger partial charge in [-0.25, -0.2) is 9.79 Å². The zero-order valence-corrected chi connectivity index (χ0v) is 11.0. The molecular formula is C15H15NO3. The van der Waals surface area contributed by atoms with Crippen LogP contribution in [0.3, 0.4) is 0 Å². The van der Waals surface area contributed by atoms with Crippen LogP contribution in [0, 0.1) is 12.8 Å². The van der Waals surface area contributed by atoms with Gasteiger partial charge in [0.25, 0.3) is 0 Å². The fraction of sp³-hybridized carbons (Fsp3) is 0.333. The molecule has 98 valence electrons. The SMILES string of the molecule is COc1ccc(C)cc1/C=C1/N=C(C2CC2)OC1=O. The van der Waals surface area contributed by atoms with E-state index in [0.717, 1.165) is 29.7 Å². The average molecular weight is 257 g/mol. The lowest BCUT2D eigenvalue weighted by molar-refractivity contribution is -0.130. The number of aryl methyl sites for hydroxylation is 1. The topological polar surface area (TPSA) is 47.9 Å². The molecule has 0 radical (unpaired) electrons. The van der Waals surface area contributed by atoms with Crippen molar-refractivity contribution in [1.82, 2.24) is 0 Å². The normalized spacial score (nSPS) is 20.4. The van der Waals surface area contributed by atoms with Gasteiger partial charge in [0.1, 0.15) is 5.75 Å². The molecule has 0 aromatic heterocycles. The number of rotatable bonds is 3. The molecule has 4 nitrogen and oxygen atoms in total. The molecule has 1 aliphatic heterocycles. The van der Waals surface area contributed by atoms with Gasteiger partial charge in [-0.3, -0.25) is 0 Å². The molecule has 4 heteroatoms. The summed E-state index contributed by atoms with van der Waals surface area (Å²) >= 11 is 0. The number of hydrogen-bond donors (Lipinski definition) is 0. The third kappa shape index (κ3) is 2.38. The second-order valence-corrected chi connectivity index (χ2v) is 4.89. The third-order valence-electron chi connectivity index (χ3n) is 3.24. The van der Waals surface area contributed by atoms with Gasteiger partial charge in [0, 0.05) is 11.5 Å². The first kappa shape index (κ1) is 12.0. The maximum Gasteiger partial charge on any atom is 0.363 e. The van der Waals surface area contributed by atoms with E-state index in [-0.39, 0.29) is 5.97 Å². The van der Waals surface area contributed by atoms with Gasteiger partial charge in [0.05, 0.1) is 7.11 Å². The van der Waals surface area contributed by atoms with E-state index in [9.17, 15) is 4.79 Å². The Kier molecular flexibility index (Phi) is 2.85. The molecule has 1 aromatic carbocycles. The zero-order valence-electron chi connectivity index (χ0n) is 11.0. The zero-order chi connectivity index (χ0) is 13.4. The van der Waals surface area contributed by atoms with Gasteiger partial charge >= 0.3 is 5.97 Å². The van der Waals surface area contributed by atoms with Gasteiger partial charge in [-0.1, -0.05) is 11.6 Å². The van der Waals surface area contributed by atoms with Crippen molar-refractivity contribution in [2.24, 2.45) is 10.9 Å². The van der Waals surface area contributed by atoms with E-state index in [4.69, 9.17) is 9.47 Å². The summed E-state index contributed by atoms with van der Waals surface area (Å²) < 4.78 is 10.5. The van der Waals surface area contributed by atoms with Crippen molar-refractivity contribution in [1.29, 1.82) is 0 Å². The van der Waals surface area contributed by atoms with Crippen molar-refractivity contribution in [3.63, 3.8) is 0 Å². The number of esters is 1. The van der Waals surface area contributed by atoms with Crippen molar-refractivity contribution >= 4 is 17.9 Å². The summed E-state index contributed by atoms with van der Waals surface area (Å²) in [6.45, 7) is 1.99. The predicted octanol–water partition coefficient (Wildman–Crippen LogP) is 2.71. The molecule has 0 N–H and O–H groups in total. The van der Waals surface area contributed by atoms with Gasteiger partial charge in [-0.2, -0.15) is 0 Å². The molecule has 1 aliphatic carbocycles. The largest absolute Gasteiger partial charge is 0.496 e. The molecule has 0 spiro atoms. The number of carbonyl (C=O) groups is 1. The van der Waals surface area contributed by atoms with Crippen LogP contribution in [0.4, 0.5) is 0 Å². The van der Waals surface area contributed by atoms with Gasteiger partial charge in [0.2, 0.25) is 5.90 Å².